The van der Waals surface area contributed by atoms with Gasteiger partial charge >= 0.3 is 35.8 Å². The van der Waals surface area contributed by atoms with Gasteiger partial charge in [-0.2, -0.15) is 43.9 Å². The van der Waals surface area contributed by atoms with Crippen LogP contribution >= 0.6 is 0 Å². The quantitative estimate of drug-likeness (QED) is 0.0665. The largest absolute Gasteiger partial charge is 0.471 e. The Labute approximate surface area is 217 Å². The number of rotatable bonds is 12. The van der Waals surface area contributed by atoms with E-state index >= 15 is 0 Å². The molecule has 2 aromatic rings. The van der Waals surface area contributed by atoms with E-state index in [1.807, 2.05) is 0 Å². The molecule has 7 nitrogen and oxygen atoms in total. The molecule has 2 rings (SSSR count). The highest BCUT2D eigenvalue weighted by Gasteiger charge is 2.87. The molecule has 218 valence electrons. The second-order valence-corrected chi connectivity index (χ2v) is 8.00. The fraction of sp³-hybridized carbons (Fsp3) is 0.304. The first-order valence-electron chi connectivity index (χ1n) is 10.5. The number of benzene rings is 2. The van der Waals surface area contributed by atoms with Gasteiger partial charge in [-0.05, 0) is 48.9 Å². The third-order valence-corrected chi connectivity index (χ3v) is 4.90. The average molecular weight is 590 g/mol. The van der Waals surface area contributed by atoms with Gasteiger partial charge in [-0.1, -0.05) is 6.58 Å². The summed E-state index contributed by atoms with van der Waals surface area (Å²) in [6, 6.07) is 7.60. The van der Waals surface area contributed by atoms with Crippen LogP contribution < -0.4 is 4.74 Å². The number of carbonyl (C=O) groups excluding carboxylic acids is 1. The van der Waals surface area contributed by atoms with Gasteiger partial charge < -0.3 is 9.47 Å². The van der Waals surface area contributed by atoms with E-state index in [9.17, 15) is 58.8 Å². The minimum absolute atomic E-state index is 0.0541. The zero-order valence-electron chi connectivity index (χ0n) is 19.8. The Hall–Kier alpha value is -4.18. The summed E-state index contributed by atoms with van der Waals surface area (Å²) in [5.41, 5.74) is -0.582. The van der Waals surface area contributed by atoms with Gasteiger partial charge in [0.2, 0.25) is 0 Å². The van der Waals surface area contributed by atoms with Crippen LogP contribution in [0.25, 0.3) is 0 Å². The van der Waals surface area contributed by atoms with Crippen molar-refractivity contribution in [1.29, 1.82) is 0 Å². The molecular formula is C23H16F10N2O5. The van der Waals surface area contributed by atoms with Gasteiger partial charge in [-0.15, -0.1) is 0 Å². The third-order valence-electron chi connectivity index (χ3n) is 4.90. The summed E-state index contributed by atoms with van der Waals surface area (Å²) in [6.07, 6.45) is -5.31. The maximum Gasteiger partial charge on any atom is 0.471 e. The van der Waals surface area contributed by atoms with Crippen molar-refractivity contribution in [1.82, 2.24) is 0 Å². The summed E-state index contributed by atoms with van der Waals surface area (Å²) >= 11 is 0. The summed E-state index contributed by atoms with van der Waals surface area (Å²) < 4.78 is 147. The van der Waals surface area contributed by atoms with Gasteiger partial charge in [0, 0.05) is 23.9 Å². The van der Waals surface area contributed by atoms with Crippen molar-refractivity contribution in [2.24, 2.45) is 4.99 Å². The van der Waals surface area contributed by atoms with Crippen LogP contribution in [0.5, 0.6) is 5.75 Å². The van der Waals surface area contributed by atoms with E-state index < -0.39 is 58.6 Å². The lowest BCUT2D eigenvalue weighted by Gasteiger charge is -2.38. The van der Waals surface area contributed by atoms with E-state index in [0.717, 1.165) is 37.4 Å². The van der Waals surface area contributed by atoms with Crippen LogP contribution in [0.15, 0.2) is 65.7 Å². The van der Waals surface area contributed by atoms with Crippen molar-refractivity contribution >= 4 is 23.6 Å². The number of non-ortho nitro benzene ring substituents is 1. The first-order chi connectivity index (χ1) is 18.2. The Balaban J connectivity index is 2.22. The molecule has 0 N–H and O–H groups in total. The number of esters is 1. The smallest absolute Gasteiger partial charge is 0.456 e. The van der Waals surface area contributed by atoms with Crippen LogP contribution in [0.3, 0.4) is 0 Å². The number of ether oxygens (including phenoxy) is 2. The summed E-state index contributed by atoms with van der Waals surface area (Å²) in [7, 11) is 0. The Kier molecular flexibility index (Phi) is 8.91. The molecule has 0 aliphatic rings. The molecule has 0 amide bonds. The first kappa shape index (κ1) is 32.0. The Morgan fingerprint density at radius 1 is 0.900 bits per heavy atom. The molecule has 0 saturated heterocycles. The number of aliphatic imine (C=N–C) groups is 1. The molecule has 0 fully saturated rings. The van der Waals surface area contributed by atoms with Gasteiger partial charge in [0.1, 0.15) is 5.75 Å². The second-order valence-electron chi connectivity index (χ2n) is 8.00. The van der Waals surface area contributed by atoms with Crippen molar-refractivity contribution < 1.29 is 63.1 Å². The Morgan fingerprint density at radius 2 is 1.43 bits per heavy atom. The van der Waals surface area contributed by atoms with E-state index in [4.69, 9.17) is 0 Å². The molecule has 0 bridgehead atoms. The average Bonchev–Trinajstić information content (AvgIpc) is 2.86. The van der Waals surface area contributed by atoms with E-state index in [0.29, 0.717) is 17.7 Å². The SMILES string of the molecule is C=C(C)C(=O)OCC(F)(F)C(F)(F)C(F)(F)C(F)(F)C(F)(F)Oc1ccc(N=Cc2ccc([N+](=O)[O-])cc2)cc1. The van der Waals surface area contributed by atoms with Gasteiger partial charge in [-0.25, -0.2) is 4.79 Å². The van der Waals surface area contributed by atoms with Gasteiger partial charge in [0.05, 0.1) is 10.6 Å². The van der Waals surface area contributed by atoms with Crippen LogP contribution in [0.1, 0.15) is 12.5 Å². The standard InChI is InChI=1S/C23H16F10N2O5/c1-13(2)18(36)39-12-19(24,25)20(26,27)21(28,29)22(30,31)23(32,33)40-17-9-5-15(6-10-17)34-11-14-3-7-16(8-4-14)35(37)38/h3-11H,1,12H2,2H3. The van der Waals surface area contributed by atoms with Crippen LogP contribution in [0, 0.1) is 10.1 Å². The molecule has 40 heavy (non-hydrogen) atoms. The number of halogens is 10. The fourth-order valence-corrected chi connectivity index (χ4v) is 2.62. The molecule has 0 heterocycles. The number of nitrogens with zero attached hydrogens (tertiary/aromatic N) is 2. The predicted octanol–water partition coefficient (Wildman–Crippen LogP) is 6.98. The van der Waals surface area contributed by atoms with E-state index in [2.05, 4.69) is 21.0 Å². The zero-order valence-corrected chi connectivity index (χ0v) is 19.8. The predicted molar refractivity (Wildman–Crippen MR) is 118 cm³/mol. The summed E-state index contributed by atoms with van der Waals surface area (Å²) in [5.74, 6) is -31.1. The molecule has 17 heteroatoms. The van der Waals surface area contributed by atoms with E-state index in [1.165, 1.54) is 12.1 Å². The van der Waals surface area contributed by atoms with Gasteiger partial charge in [0.25, 0.3) is 5.69 Å². The number of nitro benzene ring substituents is 1. The molecule has 0 radical (unpaired) electrons. The molecule has 0 unspecified atom stereocenters. The number of hydrogen-bond donors (Lipinski definition) is 0. The maximum absolute atomic E-state index is 14.1. The van der Waals surface area contributed by atoms with Crippen LogP contribution in [0.2, 0.25) is 0 Å². The lowest BCUT2D eigenvalue weighted by Crippen LogP contribution is -2.69. The normalized spacial score (nSPS) is 13.3. The Morgan fingerprint density at radius 3 is 1.90 bits per heavy atom. The third kappa shape index (κ3) is 6.34. The van der Waals surface area contributed by atoms with Crippen molar-refractivity contribution in [2.75, 3.05) is 6.61 Å². The molecule has 0 aliphatic carbocycles. The van der Waals surface area contributed by atoms with Gasteiger partial charge in [0.15, 0.2) is 6.61 Å². The second kappa shape index (κ2) is 11.1. The molecule has 2 aromatic carbocycles. The number of hydrogen-bond acceptors (Lipinski definition) is 6. The number of nitro groups is 1. The molecule has 0 aromatic heterocycles. The fourth-order valence-electron chi connectivity index (χ4n) is 2.62. The molecule has 0 saturated carbocycles. The van der Waals surface area contributed by atoms with Crippen LogP contribution in [-0.2, 0) is 9.53 Å². The van der Waals surface area contributed by atoms with Crippen molar-refractivity contribution in [3.8, 4) is 5.75 Å². The molecule has 0 spiro atoms. The van der Waals surface area contributed by atoms with Crippen molar-refractivity contribution in [3.63, 3.8) is 0 Å². The highest BCUT2D eigenvalue weighted by atomic mass is 19.4. The zero-order chi connectivity index (χ0) is 30.7. The number of carbonyl (C=O) groups is 1. The van der Waals surface area contributed by atoms with Crippen LogP contribution in [-0.4, -0.2) is 53.5 Å². The minimum Gasteiger partial charge on any atom is -0.456 e. The highest BCUT2D eigenvalue weighted by Crippen LogP contribution is 2.57. The summed E-state index contributed by atoms with van der Waals surface area (Å²) in [5, 5.41) is 10.6. The molecular weight excluding hydrogens is 574 g/mol. The summed E-state index contributed by atoms with van der Waals surface area (Å²) in [6.45, 7) is 0.900. The molecule has 0 atom stereocenters. The van der Waals surface area contributed by atoms with Crippen molar-refractivity contribution in [3.05, 3.63) is 76.4 Å². The van der Waals surface area contributed by atoms with E-state index in [-0.39, 0.29) is 11.4 Å². The molecule has 0 aliphatic heterocycles. The Bertz CT molecular complexity index is 1280. The van der Waals surface area contributed by atoms with E-state index in [1.54, 1.807) is 0 Å². The van der Waals surface area contributed by atoms with Crippen molar-refractivity contribution in [2.45, 2.75) is 36.7 Å². The highest BCUT2D eigenvalue weighted by molar-refractivity contribution is 5.87. The lowest BCUT2D eigenvalue weighted by molar-refractivity contribution is -0.432. The van der Waals surface area contributed by atoms with Gasteiger partial charge in [-0.3, -0.25) is 15.1 Å². The first-order valence-corrected chi connectivity index (χ1v) is 10.5. The monoisotopic (exact) mass is 590 g/mol. The topological polar surface area (TPSA) is 91.0 Å². The maximum atomic E-state index is 14.1. The number of alkyl halides is 10. The summed E-state index contributed by atoms with van der Waals surface area (Å²) in [4.78, 5) is 24.9. The lowest BCUT2D eigenvalue weighted by atomic mass is 9.98. The van der Waals surface area contributed by atoms with Crippen LogP contribution in [0.4, 0.5) is 55.3 Å². The minimum atomic E-state index is -7.43.